The van der Waals surface area contributed by atoms with Crippen molar-refractivity contribution in [3.63, 3.8) is 0 Å². The van der Waals surface area contributed by atoms with Crippen LogP contribution in [0, 0.1) is 2.88 Å². The van der Waals surface area contributed by atoms with Crippen LogP contribution in [-0.2, 0) is 0 Å². The van der Waals surface area contributed by atoms with E-state index in [0.717, 1.165) is 2.88 Å². The number of anilines is 1. The van der Waals surface area contributed by atoms with Gasteiger partial charge in [0.05, 0.1) is 8.45 Å². The average molecular weight is 386 g/mol. The fourth-order valence-corrected chi connectivity index (χ4v) is 2.81. The van der Waals surface area contributed by atoms with Gasteiger partial charge in [-0.15, -0.1) is 11.3 Å². The van der Waals surface area contributed by atoms with Crippen molar-refractivity contribution in [2.24, 2.45) is 0 Å². The minimum Gasteiger partial charge on any atom is -0.355 e. The molecule has 0 aliphatic rings. The van der Waals surface area contributed by atoms with Gasteiger partial charge in [0.15, 0.2) is 0 Å². The van der Waals surface area contributed by atoms with E-state index in [0.29, 0.717) is 16.8 Å². The van der Waals surface area contributed by atoms with E-state index in [4.69, 9.17) is 0 Å². The van der Waals surface area contributed by atoms with Crippen molar-refractivity contribution in [2.45, 2.75) is 0 Å². The Kier molecular flexibility index (Phi) is 4.54. The molecule has 0 unspecified atom stereocenters. The van der Waals surface area contributed by atoms with E-state index < -0.39 is 0 Å². The first-order valence-electron chi connectivity index (χ1n) is 5.47. The average Bonchev–Trinajstić information content (AvgIpc) is 2.85. The first kappa shape index (κ1) is 14.0. The van der Waals surface area contributed by atoms with E-state index in [9.17, 15) is 9.59 Å². The second-order valence-electron chi connectivity index (χ2n) is 3.75. The number of hydrogen-bond acceptors (Lipinski definition) is 3. The molecule has 0 fully saturated rings. The van der Waals surface area contributed by atoms with E-state index in [1.165, 1.54) is 11.3 Å². The monoisotopic (exact) mass is 386 g/mol. The molecule has 98 valence electrons. The van der Waals surface area contributed by atoms with Crippen LogP contribution in [0.2, 0.25) is 0 Å². The van der Waals surface area contributed by atoms with E-state index in [1.807, 2.05) is 11.4 Å². The Balaban J connectivity index is 2.07. The second-order valence-corrected chi connectivity index (χ2v) is 6.56. The first-order chi connectivity index (χ1) is 9.10. The molecular weight excluding hydrogens is 375 g/mol. The highest BCUT2D eigenvalue weighted by molar-refractivity contribution is 14.1. The maximum Gasteiger partial charge on any atom is 0.256 e. The standard InChI is InChI=1S/C13H11IN2O2S/c1-15-12(17)8-2-4-10(5-3-8)16-13(18)9-6-11(14)19-7-9/h2-7H,1H3,(H,15,17)(H,16,18). The molecule has 2 N–H and O–H groups in total. The summed E-state index contributed by atoms with van der Waals surface area (Å²) in [6.45, 7) is 0. The number of halogens is 1. The molecule has 0 aliphatic heterocycles. The minimum atomic E-state index is -0.148. The zero-order valence-electron chi connectivity index (χ0n) is 10.1. The van der Waals surface area contributed by atoms with Gasteiger partial charge in [-0.25, -0.2) is 0 Å². The zero-order chi connectivity index (χ0) is 13.8. The predicted octanol–water partition coefficient (Wildman–Crippen LogP) is 2.96. The lowest BCUT2D eigenvalue weighted by Gasteiger charge is -2.05. The molecule has 1 aromatic heterocycles. The minimum absolute atomic E-state index is 0.146. The first-order valence-corrected chi connectivity index (χ1v) is 7.43. The Bertz CT molecular complexity index is 607. The highest BCUT2D eigenvalue weighted by Crippen LogP contribution is 2.18. The number of nitrogens with one attached hydrogen (secondary N) is 2. The van der Waals surface area contributed by atoms with E-state index in [1.54, 1.807) is 31.3 Å². The van der Waals surface area contributed by atoms with Crippen LogP contribution < -0.4 is 10.6 Å². The van der Waals surface area contributed by atoms with Gasteiger partial charge in [0.2, 0.25) is 0 Å². The summed E-state index contributed by atoms with van der Waals surface area (Å²) < 4.78 is 1.07. The lowest BCUT2D eigenvalue weighted by molar-refractivity contribution is 0.0962. The van der Waals surface area contributed by atoms with Crippen molar-refractivity contribution in [2.75, 3.05) is 12.4 Å². The number of hydrogen-bond donors (Lipinski definition) is 2. The van der Waals surface area contributed by atoms with Crippen molar-refractivity contribution in [3.05, 3.63) is 49.7 Å². The van der Waals surface area contributed by atoms with Crippen LogP contribution in [0.5, 0.6) is 0 Å². The normalized spacial score (nSPS) is 10.0. The Hall–Kier alpha value is -1.41. The number of benzene rings is 1. The van der Waals surface area contributed by atoms with Gasteiger partial charge >= 0.3 is 0 Å². The molecule has 2 amide bonds. The highest BCUT2D eigenvalue weighted by atomic mass is 127. The van der Waals surface area contributed by atoms with Crippen molar-refractivity contribution in [3.8, 4) is 0 Å². The molecule has 1 heterocycles. The number of rotatable bonds is 3. The van der Waals surface area contributed by atoms with Gasteiger partial charge < -0.3 is 10.6 Å². The van der Waals surface area contributed by atoms with Crippen LogP contribution in [0.1, 0.15) is 20.7 Å². The summed E-state index contributed by atoms with van der Waals surface area (Å²) in [5.41, 5.74) is 1.87. The van der Waals surface area contributed by atoms with Crippen molar-refractivity contribution >= 4 is 51.4 Å². The zero-order valence-corrected chi connectivity index (χ0v) is 13.0. The second kappa shape index (κ2) is 6.16. The van der Waals surface area contributed by atoms with Crippen molar-refractivity contribution in [1.29, 1.82) is 0 Å². The third kappa shape index (κ3) is 3.54. The summed E-state index contributed by atoms with van der Waals surface area (Å²) in [6, 6.07) is 8.59. The summed E-state index contributed by atoms with van der Waals surface area (Å²) in [5, 5.41) is 7.15. The van der Waals surface area contributed by atoms with Gasteiger partial charge in [0.1, 0.15) is 0 Å². The predicted molar refractivity (Wildman–Crippen MR) is 84.8 cm³/mol. The highest BCUT2D eigenvalue weighted by Gasteiger charge is 2.09. The van der Waals surface area contributed by atoms with Gasteiger partial charge in [0, 0.05) is 23.7 Å². The molecule has 6 heteroatoms. The summed E-state index contributed by atoms with van der Waals surface area (Å²) in [6.07, 6.45) is 0. The Morgan fingerprint density at radius 1 is 1.11 bits per heavy atom. The van der Waals surface area contributed by atoms with Gasteiger partial charge in [-0.05, 0) is 52.9 Å². The van der Waals surface area contributed by atoms with Crippen LogP contribution >= 0.6 is 33.9 Å². The van der Waals surface area contributed by atoms with E-state index >= 15 is 0 Å². The van der Waals surface area contributed by atoms with E-state index in [-0.39, 0.29) is 11.8 Å². The lowest BCUT2D eigenvalue weighted by atomic mass is 10.2. The van der Waals surface area contributed by atoms with Gasteiger partial charge in [0.25, 0.3) is 11.8 Å². The molecule has 2 aromatic rings. The molecule has 4 nitrogen and oxygen atoms in total. The van der Waals surface area contributed by atoms with Crippen LogP contribution in [0.3, 0.4) is 0 Å². The lowest BCUT2D eigenvalue weighted by Crippen LogP contribution is -2.17. The van der Waals surface area contributed by atoms with Gasteiger partial charge in [-0.1, -0.05) is 0 Å². The molecule has 0 radical (unpaired) electrons. The van der Waals surface area contributed by atoms with Crippen LogP contribution in [0.15, 0.2) is 35.7 Å². The number of carbonyl (C=O) groups is 2. The van der Waals surface area contributed by atoms with Crippen LogP contribution in [-0.4, -0.2) is 18.9 Å². The molecule has 0 aliphatic carbocycles. The van der Waals surface area contributed by atoms with Crippen molar-refractivity contribution < 1.29 is 9.59 Å². The van der Waals surface area contributed by atoms with Crippen LogP contribution in [0.25, 0.3) is 0 Å². The van der Waals surface area contributed by atoms with Crippen molar-refractivity contribution in [1.82, 2.24) is 5.32 Å². The van der Waals surface area contributed by atoms with E-state index in [2.05, 4.69) is 33.2 Å². The topological polar surface area (TPSA) is 58.2 Å². The Labute approximate surface area is 128 Å². The summed E-state index contributed by atoms with van der Waals surface area (Å²) in [5.74, 6) is -0.294. The molecule has 2 rings (SSSR count). The van der Waals surface area contributed by atoms with Gasteiger partial charge in [-0.2, -0.15) is 0 Å². The molecule has 1 aromatic carbocycles. The van der Waals surface area contributed by atoms with Gasteiger partial charge in [-0.3, -0.25) is 9.59 Å². The third-order valence-corrected chi connectivity index (χ3v) is 4.25. The molecule has 19 heavy (non-hydrogen) atoms. The quantitative estimate of drug-likeness (QED) is 0.797. The SMILES string of the molecule is CNC(=O)c1ccc(NC(=O)c2csc(I)c2)cc1. The molecule has 0 saturated carbocycles. The Morgan fingerprint density at radius 2 is 1.79 bits per heavy atom. The summed E-state index contributed by atoms with van der Waals surface area (Å²) in [4.78, 5) is 23.3. The number of carbonyl (C=O) groups excluding carboxylic acids is 2. The molecule has 0 bridgehead atoms. The third-order valence-electron chi connectivity index (χ3n) is 2.46. The number of thiophene rings is 1. The molecule has 0 spiro atoms. The smallest absolute Gasteiger partial charge is 0.256 e. The Morgan fingerprint density at radius 3 is 2.32 bits per heavy atom. The van der Waals surface area contributed by atoms with Crippen LogP contribution in [0.4, 0.5) is 5.69 Å². The summed E-state index contributed by atoms with van der Waals surface area (Å²) >= 11 is 3.70. The molecule has 0 saturated heterocycles. The number of amides is 2. The maximum absolute atomic E-state index is 11.9. The largest absolute Gasteiger partial charge is 0.355 e. The fraction of sp³-hybridized carbons (Fsp3) is 0.0769. The molecular formula is C13H11IN2O2S. The summed E-state index contributed by atoms with van der Waals surface area (Å²) in [7, 11) is 1.58. The molecule has 0 atom stereocenters. The maximum atomic E-state index is 11.9. The fourth-order valence-electron chi connectivity index (χ4n) is 1.48.